The maximum absolute atomic E-state index is 13.0. The minimum absolute atomic E-state index is 0.0852. The lowest BCUT2D eigenvalue weighted by atomic mass is 9.96. The summed E-state index contributed by atoms with van der Waals surface area (Å²) in [6, 6.07) is 14.5. The Labute approximate surface area is 176 Å². The van der Waals surface area contributed by atoms with Gasteiger partial charge in [-0.3, -0.25) is 9.59 Å². The lowest BCUT2D eigenvalue weighted by Gasteiger charge is -2.18. The Balaban J connectivity index is 1.75. The van der Waals surface area contributed by atoms with E-state index in [1.54, 1.807) is 31.3 Å². The molecule has 0 unspecified atom stereocenters. The van der Waals surface area contributed by atoms with Gasteiger partial charge in [-0.05, 0) is 31.2 Å². The van der Waals surface area contributed by atoms with Gasteiger partial charge in [0.25, 0.3) is 11.8 Å². The Kier molecular flexibility index (Phi) is 6.01. The molecule has 0 radical (unpaired) electrons. The van der Waals surface area contributed by atoms with Crippen LogP contribution in [0.3, 0.4) is 0 Å². The molecule has 3 rings (SSSR count). The van der Waals surface area contributed by atoms with Crippen LogP contribution in [0.4, 0.5) is 5.69 Å². The zero-order valence-electron chi connectivity index (χ0n) is 17.9. The SMILES string of the molecule is Cc1ccc(NC(=O)CN(C)C(=O)c2ccccc2-c2nc(C(C)(C)C)no2)cc1. The van der Waals surface area contributed by atoms with E-state index >= 15 is 0 Å². The quantitative estimate of drug-likeness (QED) is 0.690. The number of benzene rings is 2. The first kappa shape index (κ1) is 21.2. The van der Waals surface area contributed by atoms with Gasteiger partial charge in [-0.15, -0.1) is 0 Å². The van der Waals surface area contributed by atoms with E-state index in [-0.39, 0.29) is 29.7 Å². The number of nitrogens with one attached hydrogen (secondary N) is 1. The van der Waals surface area contributed by atoms with Gasteiger partial charge in [0.15, 0.2) is 5.82 Å². The minimum atomic E-state index is -0.305. The van der Waals surface area contributed by atoms with Crippen LogP contribution in [0.15, 0.2) is 53.1 Å². The fraction of sp³-hybridized carbons (Fsp3) is 0.304. The standard InChI is InChI=1S/C23H26N4O3/c1-15-10-12-16(13-11-15)24-19(28)14-27(5)21(29)18-9-7-6-8-17(18)20-25-22(26-30-20)23(2,3)4/h6-13H,14H2,1-5H3,(H,24,28). The molecular weight excluding hydrogens is 380 g/mol. The van der Waals surface area contributed by atoms with Crippen LogP contribution in [-0.4, -0.2) is 40.4 Å². The molecule has 0 fully saturated rings. The molecule has 0 bridgehead atoms. The van der Waals surface area contributed by atoms with E-state index in [0.29, 0.717) is 22.6 Å². The van der Waals surface area contributed by atoms with Crippen molar-refractivity contribution in [3.63, 3.8) is 0 Å². The number of likely N-dealkylation sites (N-methyl/N-ethyl adjacent to an activating group) is 1. The van der Waals surface area contributed by atoms with Crippen LogP contribution in [0.25, 0.3) is 11.5 Å². The molecule has 1 N–H and O–H groups in total. The van der Waals surface area contributed by atoms with Crippen molar-refractivity contribution in [2.75, 3.05) is 18.9 Å². The summed E-state index contributed by atoms with van der Waals surface area (Å²) in [5.74, 6) is 0.257. The highest BCUT2D eigenvalue weighted by Gasteiger charge is 2.25. The fourth-order valence-corrected chi connectivity index (χ4v) is 2.82. The fourth-order valence-electron chi connectivity index (χ4n) is 2.82. The number of aryl methyl sites for hydroxylation is 1. The van der Waals surface area contributed by atoms with E-state index in [1.807, 2.05) is 52.0 Å². The summed E-state index contributed by atoms with van der Waals surface area (Å²) in [6.07, 6.45) is 0. The number of amides is 2. The van der Waals surface area contributed by atoms with Gasteiger partial charge < -0.3 is 14.7 Å². The highest BCUT2D eigenvalue weighted by molar-refractivity contribution is 6.02. The van der Waals surface area contributed by atoms with E-state index in [9.17, 15) is 9.59 Å². The summed E-state index contributed by atoms with van der Waals surface area (Å²) in [5, 5.41) is 6.83. The van der Waals surface area contributed by atoms with Gasteiger partial charge in [-0.25, -0.2) is 0 Å². The molecule has 0 atom stereocenters. The molecule has 2 amide bonds. The second-order valence-electron chi connectivity index (χ2n) is 8.29. The van der Waals surface area contributed by atoms with Crippen LogP contribution in [0.2, 0.25) is 0 Å². The van der Waals surface area contributed by atoms with Gasteiger partial charge in [0.05, 0.1) is 17.7 Å². The topological polar surface area (TPSA) is 88.3 Å². The highest BCUT2D eigenvalue weighted by atomic mass is 16.5. The van der Waals surface area contributed by atoms with E-state index in [1.165, 1.54) is 4.90 Å². The molecule has 7 heteroatoms. The zero-order valence-corrected chi connectivity index (χ0v) is 17.9. The first-order chi connectivity index (χ1) is 14.1. The van der Waals surface area contributed by atoms with Gasteiger partial charge in [-0.2, -0.15) is 4.98 Å². The lowest BCUT2D eigenvalue weighted by Crippen LogP contribution is -2.35. The van der Waals surface area contributed by atoms with Crippen LogP contribution in [-0.2, 0) is 10.2 Å². The Morgan fingerprint density at radius 3 is 2.37 bits per heavy atom. The smallest absolute Gasteiger partial charge is 0.258 e. The predicted octanol–water partition coefficient (Wildman–Crippen LogP) is 4.05. The number of carbonyl (C=O) groups excluding carboxylic acids is 2. The van der Waals surface area contributed by atoms with E-state index in [4.69, 9.17) is 4.52 Å². The first-order valence-electron chi connectivity index (χ1n) is 9.71. The number of nitrogens with zero attached hydrogens (tertiary/aromatic N) is 3. The van der Waals surface area contributed by atoms with Gasteiger partial charge in [0.1, 0.15) is 0 Å². The molecule has 30 heavy (non-hydrogen) atoms. The predicted molar refractivity (Wildman–Crippen MR) is 115 cm³/mol. The molecule has 2 aromatic carbocycles. The van der Waals surface area contributed by atoms with Crippen LogP contribution >= 0.6 is 0 Å². The van der Waals surface area contributed by atoms with Crippen molar-refractivity contribution < 1.29 is 14.1 Å². The van der Waals surface area contributed by atoms with Crippen molar-refractivity contribution in [1.82, 2.24) is 15.0 Å². The number of carbonyl (C=O) groups is 2. The van der Waals surface area contributed by atoms with E-state index < -0.39 is 0 Å². The van der Waals surface area contributed by atoms with Gasteiger partial charge >= 0.3 is 0 Å². The molecule has 3 aromatic rings. The maximum Gasteiger partial charge on any atom is 0.258 e. The number of aromatic nitrogens is 2. The Morgan fingerprint density at radius 1 is 1.07 bits per heavy atom. The molecule has 1 aromatic heterocycles. The van der Waals surface area contributed by atoms with Crippen molar-refractivity contribution in [2.45, 2.75) is 33.1 Å². The van der Waals surface area contributed by atoms with Crippen LogP contribution in [0, 0.1) is 6.92 Å². The monoisotopic (exact) mass is 406 g/mol. The van der Waals surface area contributed by atoms with E-state index in [0.717, 1.165) is 5.56 Å². The third-order valence-electron chi connectivity index (χ3n) is 4.55. The summed E-state index contributed by atoms with van der Waals surface area (Å²) in [6.45, 7) is 7.85. The number of hydrogen-bond acceptors (Lipinski definition) is 5. The first-order valence-corrected chi connectivity index (χ1v) is 9.71. The van der Waals surface area contributed by atoms with Gasteiger partial charge in [0.2, 0.25) is 5.91 Å². The number of hydrogen-bond donors (Lipinski definition) is 1. The third kappa shape index (κ3) is 4.92. The average Bonchev–Trinajstić information content (AvgIpc) is 3.20. The molecule has 1 heterocycles. The van der Waals surface area contributed by atoms with Gasteiger partial charge in [0, 0.05) is 18.2 Å². The molecule has 0 aliphatic rings. The van der Waals surface area contributed by atoms with Crippen molar-refractivity contribution >= 4 is 17.5 Å². The second kappa shape index (κ2) is 8.49. The van der Waals surface area contributed by atoms with Gasteiger partial charge in [-0.1, -0.05) is 55.8 Å². The molecule has 0 saturated heterocycles. The Bertz CT molecular complexity index is 1050. The Hall–Kier alpha value is -3.48. The molecule has 0 aliphatic heterocycles. The highest BCUT2D eigenvalue weighted by Crippen LogP contribution is 2.26. The molecule has 156 valence electrons. The summed E-state index contributed by atoms with van der Waals surface area (Å²) >= 11 is 0. The normalized spacial score (nSPS) is 11.2. The summed E-state index contributed by atoms with van der Waals surface area (Å²) in [7, 11) is 1.59. The molecule has 7 nitrogen and oxygen atoms in total. The lowest BCUT2D eigenvalue weighted by molar-refractivity contribution is -0.116. The molecule has 0 saturated carbocycles. The largest absolute Gasteiger partial charge is 0.334 e. The minimum Gasteiger partial charge on any atom is -0.334 e. The van der Waals surface area contributed by atoms with Crippen molar-refractivity contribution in [2.24, 2.45) is 0 Å². The van der Waals surface area contributed by atoms with E-state index in [2.05, 4.69) is 15.5 Å². The number of anilines is 1. The summed E-state index contributed by atoms with van der Waals surface area (Å²) < 4.78 is 5.41. The zero-order chi connectivity index (χ0) is 21.9. The van der Waals surface area contributed by atoms with Crippen LogP contribution in [0.5, 0.6) is 0 Å². The molecule has 0 spiro atoms. The average molecular weight is 406 g/mol. The van der Waals surface area contributed by atoms with Crippen molar-refractivity contribution in [1.29, 1.82) is 0 Å². The second-order valence-corrected chi connectivity index (χ2v) is 8.29. The number of rotatable bonds is 5. The molecular formula is C23H26N4O3. The van der Waals surface area contributed by atoms with Crippen molar-refractivity contribution in [3.8, 4) is 11.5 Å². The summed E-state index contributed by atoms with van der Waals surface area (Å²) in [5.41, 5.74) is 2.45. The Morgan fingerprint density at radius 2 is 1.73 bits per heavy atom. The molecule has 0 aliphatic carbocycles. The third-order valence-corrected chi connectivity index (χ3v) is 4.55. The summed E-state index contributed by atoms with van der Waals surface area (Å²) in [4.78, 5) is 31.2. The van der Waals surface area contributed by atoms with Crippen LogP contribution in [0.1, 0.15) is 42.5 Å². The van der Waals surface area contributed by atoms with Crippen molar-refractivity contribution in [3.05, 3.63) is 65.5 Å². The van der Waals surface area contributed by atoms with Crippen LogP contribution < -0.4 is 5.32 Å². The maximum atomic E-state index is 13.0.